The average Bonchev–Trinajstić information content (AvgIpc) is 2.60. The molecule has 5 nitrogen and oxygen atoms in total. The number of phenols is 1. The van der Waals surface area contributed by atoms with Crippen molar-refractivity contribution in [2.24, 2.45) is 0 Å². The predicted octanol–water partition coefficient (Wildman–Crippen LogP) is 6.40. The van der Waals surface area contributed by atoms with Crippen LogP contribution in [-0.2, 0) is 11.2 Å². The Labute approximate surface area is 177 Å². The van der Waals surface area contributed by atoms with Crippen LogP contribution in [0, 0.1) is 0 Å². The summed E-state index contributed by atoms with van der Waals surface area (Å²) in [6.45, 7) is 9.11. The van der Waals surface area contributed by atoms with E-state index in [2.05, 4.69) is 5.32 Å². The molecule has 0 aromatic heterocycles. The summed E-state index contributed by atoms with van der Waals surface area (Å²) in [4.78, 5) is 22.3. The van der Waals surface area contributed by atoms with Gasteiger partial charge in [-0.2, -0.15) is 0 Å². The summed E-state index contributed by atoms with van der Waals surface area (Å²) in [5, 5.41) is 12.7. The number of amides is 1. The van der Waals surface area contributed by atoms with E-state index in [0.717, 1.165) is 5.56 Å². The van der Waals surface area contributed by atoms with E-state index in [0.29, 0.717) is 22.7 Å². The Morgan fingerprint density at radius 3 is 2.38 bits per heavy atom. The first kappa shape index (κ1) is 24.2. The van der Waals surface area contributed by atoms with Crippen molar-refractivity contribution in [2.45, 2.75) is 47.1 Å². The van der Waals surface area contributed by atoms with Crippen LogP contribution < -0.4 is 5.32 Å². The number of nitrogens with one attached hydrogen (secondary N) is 1. The minimum Gasteiger partial charge on any atom is -0.508 e. The summed E-state index contributed by atoms with van der Waals surface area (Å²) in [6, 6.07) is 11.9. The lowest BCUT2D eigenvalue weighted by atomic mass is 10.0. The quantitative estimate of drug-likeness (QED) is 0.436. The number of ketones is 1. The van der Waals surface area contributed by atoms with Crippen molar-refractivity contribution in [1.29, 1.82) is 0 Å². The maximum atomic E-state index is 11.2. The molecule has 0 fully saturated rings. The molecule has 1 amide bonds. The van der Waals surface area contributed by atoms with Crippen molar-refractivity contribution >= 4 is 29.2 Å². The molecule has 0 aliphatic rings. The van der Waals surface area contributed by atoms with Gasteiger partial charge in [-0.15, -0.1) is 0 Å². The van der Waals surface area contributed by atoms with Gasteiger partial charge in [-0.25, -0.2) is 4.79 Å². The number of anilines is 1. The van der Waals surface area contributed by atoms with Gasteiger partial charge >= 0.3 is 6.09 Å². The molecule has 0 heterocycles. The van der Waals surface area contributed by atoms with Gasteiger partial charge in [-0.1, -0.05) is 29.3 Å². The molecule has 2 aromatic carbocycles. The molecule has 2 aromatic rings. The van der Waals surface area contributed by atoms with E-state index in [1.165, 1.54) is 12.5 Å². The number of aromatic hydroxyl groups is 1. The summed E-state index contributed by atoms with van der Waals surface area (Å²) in [5.41, 5.74) is 3.26. The van der Waals surface area contributed by atoms with Crippen LogP contribution in [-0.4, -0.2) is 23.1 Å². The van der Waals surface area contributed by atoms with Crippen molar-refractivity contribution in [3.63, 3.8) is 0 Å². The third-order valence-corrected chi connectivity index (χ3v) is 3.87. The van der Waals surface area contributed by atoms with Gasteiger partial charge in [0.2, 0.25) is 0 Å². The first-order valence-corrected chi connectivity index (χ1v) is 9.65. The van der Waals surface area contributed by atoms with E-state index in [-0.39, 0.29) is 17.6 Å². The van der Waals surface area contributed by atoms with Crippen LogP contribution in [0.15, 0.2) is 54.1 Å². The summed E-state index contributed by atoms with van der Waals surface area (Å²) in [5.74, 6) is 0.269. The zero-order valence-corrected chi connectivity index (χ0v) is 18.2. The number of carbonyl (C=O) groups is 2. The molecule has 0 saturated heterocycles. The molecular weight excluding hydrogens is 390 g/mol. The number of allylic oxidation sites excluding steroid dienone is 2. The Bertz CT molecular complexity index is 871. The third kappa shape index (κ3) is 9.81. The summed E-state index contributed by atoms with van der Waals surface area (Å²) >= 11 is 5.74. The number of hydrogen-bond donors (Lipinski definition) is 2. The number of hydrogen-bond acceptors (Lipinski definition) is 4. The second-order valence-corrected chi connectivity index (χ2v) is 7.41. The molecule has 0 radical (unpaired) electrons. The van der Waals surface area contributed by atoms with Gasteiger partial charge in [-0.05, 0) is 83.0 Å². The Balaban J connectivity index is 0.000000291. The van der Waals surface area contributed by atoms with Crippen LogP contribution >= 0.6 is 11.6 Å². The van der Waals surface area contributed by atoms with Gasteiger partial charge in [-0.3, -0.25) is 10.1 Å². The van der Waals surface area contributed by atoms with Gasteiger partial charge in [0.25, 0.3) is 0 Å². The van der Waals surface area contributed by atoms with Crippen LogP contribution in [0.25, 0.3) is 0 Å². The second kappa shape index (κ2) is 11.9. The SMILES string of the molecule is CC(=O)c1ccc(O)c(CC=C(C)C)c1.CC(C)OC(=O)Nc1cccc(Cl)c1. The van der Waals surface area contributed by atoms with Crippen molar-refractivity contribution in [1.82, 2.24) is 0 Å². The summed E-state index contributed by atoms with van der Waals surface area (Å²) < 4.78 is 4.90. The monoisotopic (exact) mass is 417 g/mol. The van der Waals surface area contributed by atoms with Crippen LogP contribution in [0.5, 0.6) is 5.75 Å². The lowest BCUT2D eigenvalue weighted by Crippen LogP contribution is -2.17. The number of rotatable bonds is 5. The summed E-state index contributed by atoms with van der Waals surface area (Å²) in [7, 11) is 0. The van der Waals surface area contributed by atoms with E-state index in [1.54, 1.807) is 56.3 Å². The fourth-order valence-electron chi connectivity index (χ4n) is 2.21. The molecule has 29 heavy (non-hydrogen) atoms. The minimum absolute atomic E-state index is 0.0217. The molecule has 0 atom stereocenters. The van der Waals surface area contributed by atoms with Gasteiger partial charge < -0.3 is 9.84 Å². The molecule has 0 aliphatic heterocycles. The van der Waals surface area contributed by atoms with Crippen molar-refractivity contribution in [3.05, 3.63) is 70.3 Å². The Morgan fingerprint density at radius 1 is 1.14 bits per heavy atom. The van der Waals surface area contributed by atoms with Gasteiger partial charge in [0.05, 0.1) is 6.10 Å². The van der Waals surface area contributed by atoms with Crippen LogP contribution in [0.4, 0.5) is 10.5 Å². The molecule has 0 saturated carbocycles. The summed E-state index contributed by atoms with van der Waals surface area (Å²) in [6.07, 6.45) is 2.09. The maximum Gasteiger partial charge on any atom is 0.411 e. The smallest absolute Gasteiger partial charge is 0.411 e. The fraction of sp³-hybridized carbons (Fsp3) is 0.304. The van der Waals surface area contributed by atoms with E-state index in [4.69, 9.17) is 16.3 Å². The van der Waals surface area contributed by atoms with E-state index >= 15 is 0 Å². The molecule has 156 valence electrons. The largest absolute Gasteiger partial charge is 0.508 e. The Hall–Kier alpha value is -2.79. The zero-order valence-electron chi connectivity index (χ0n) is 17.5. The number of halogens is 1. The maximum absolute atomic E-state index is 11.2. The number of Topliss-reactive ketones (excluding diaryl/α,β-unsaturated/α-hetero) is 1. The number of carbonyl (C=O) groups excluding carboxylic acids is 2. The number of benzene rings is 2. The van der Waals surface area contributed by atoms with Crippen LogP contribution in [0.2, 0.25) is 5.02 Å². The second-order valence-electron chi connectivity index (χ2n) is 6.97. The Morgan fingerprint density at radius 2 is 1.83 bits per heavy atom. The first-order chi connectivity index (χ1) is 13.6. The van der Waals surface area contributed by atoms with Crippen molar-refractivity contribution in [2.75, 3.05) is 5.32 Å². The van der Waals surface area contributed by atoms with Crippen molar-refractivity contribution < 1.29 is 19.4 Å². The van der Waals surface area contributed by atoms with Gasteiger partial charge in [0, 0.05) is 16.3 Å². The van der Waals surface area contributed by atoms with Crippen LogP contribution in [0.3, 0.4) is 0 Å². The average molecular weight is 418 g/mol. The Kier molecular flexibility index (Phi) is 9.97. The molecule has 6 heteroatoms. The fourth-order valence-corrected chi connectivity index (χ4v) is 2.40. The molecule has 2 rings (SSSR count). The van der Waals surface area contributed by atoms with E-state index in [1.807, 2.05) is 19.9 Å². The highest BCUT2D eigenvalue weighted by atomic mass is 35.5. The van der Waals surface area contributed by atoms with E-state index in [9.17, 15) is 14.7 Å². The standard InChI is InChI=1S/C13H16O2.C10H12ClNO2/c1-9(2)4-5-12-8-11(10(3)14)6-7-13(12)15;1-7(2)14-10(13)12-9-5-3-4-8(11)6-9/h4,6-8,15H,5H2,1-3H3;3-7H,1-2H3,(H,12,13). The molecule has 0 bridgehead atoms. The first-order valence-electron chi connectivity index (χ1n) is 9.28. The predicted molar refractivity (Wildman–Crippen MR) is 118 cm³/mol. The topological polar surface area (TPSA) is 75.6 Å². The number of ether oxygens (including phenoxy) is 1. The molecule has 0 unspecified atom stereocenters. The highest BCUT2D eigenvalue weighted by Crippen LogP contribution is 2.20. The van der Waals surface area contributed by atoms with E-state index < -0.39 is 6.09 Å². The van der Waals surface area contributed by atoms with Crippen molar-refractivity contribution in [3.8, 4) is 5.75 Å². The molecular formula is C23H28ClNO4. The minimum atomic E-state index is -0.470. The van der Waals surface area contributed by atoms with Crippen LogP contribution in [0.1, 0.15) is 50.5 Å². The lowest BCUT2D eigenvalue weighted by molar-refractivity contribution is 0.101. The van der Waals surface area contributed by atoms with Gasteiger partial charge in [0.15, 0.2) is 5.78 Å². The third-order valence-electron chi connectivity index (χ3n) is 3.63. The highest BCUT2D eigenvalue weighted by molar-refractivity contribution is 6.30. The molecule has 0 spiro atoms. The zero-order chi connectivity index (χ0) is 22.0. The normalized spacial score (nSPS) is 9.90. The molecule has 2 N–H and O–H groups in total. The molecule has 0 aliphatic carbocycles. The lowest BCUT2D eigenvalue weighted by Gasteiger charge is -2.09. The number of phenolic OH excluding ortho intramolecular Hbond substituents is 1. The highest BCUT2D eigenvalue weighted by Gasteiger charge is 2.05. The van der Waals surface area contributed by atoms with Gasteiger partial charge in [0.1, 0.15) is 5.75 Å².